The molecule has 0 amide bonds. The second-order valence-corrected chi connectivity index (χ2v) is 11.5. The number of carboxylic acid groups (broad SMARTS) is 1. The summed E-state index contributed by atoms with van der Waals surface area (Å²) in [6, 6.07) is 6.33. The summed E-state index contributed by atoms with van der Waals surface area (Å²) in [6.07, 6.45) is -2.00. The molecule has 4 atom stereocenters. The van der Waals surface area contributed by atoms with Gasteiger partial charge in [0, 0.05) is 24.4 Å². The van der Waals surface area contributed by atoms with Crippen LogP contribution >= 0.6 is 0 Å². The molecular formula is C30H31F4NO5. The maximum atomic E-state index is 14.9. The minimum atomic E-state index is -4.78. The van der Waals surface area contributed by atoms with Gasteiger partial charge in [-0.3, -0.25) is 9.79 Å². The highest BCUT2D eigenvalue weighted by Crippen LogP contribution is 2.63. The quantitative estimate of drug-likeness (QED) is 0.376. The molecule has 2 saturated carbocycles. The van der Waals surface area contributed by atoms with Crippen molar-refractivity contribution in [1.82, 2.24) is 0 Å². The molecule has 2 aromatic rings. The number of hydrogen-bond acceptors (Lipinski definition) is 5. The number of aliphatic imine (C=N–C) groups is 1. The van der Waals surface area contributed by atoms with E-state index in [-0.39, 0.29) is 59.5 Å². The summed E-state index contributed by atoms with van der Waals surface area (Å²) in [5.41, 5.74) is -0.370. The summed E-state index contributed by atoms with van der Waals surface area (Å²) in [5, 5.41) is 19.2. The molecule has 40 heavy (non-hydrogen) atoms. The monoisotopic (exact) mass is 561 g/mol. The highest BCUT2D eigenvalue weighted by molar-refractivity contribution is 5.90. The fourth-order valence-electron chi connectivity index (χ4n) is 5.90. The Labute approximate surface area is 229 Å². The number of dihydropyridines is 1. The van der Waals surface area contributed by atoms with Gasteiger partial charge in [0.2, 0.25) is 5.90 Å². The van der Waals surface area contributed by atoms with Crippen molar-refractivity contribution in [1.29, 1.82) is 0 Å². The fourth-order valence-corrected chi connectivity index (χ4v) is 5.90. The standard InChI is InChI=1S/C30H31F4NO5/c1-15-8-18(39-7-6-29(2,3)38)4-5-19(15)20-10-17(24(31)12-23(20)30(32,33)34)14-40-25-11-16-9-21-26(22(16)13-35-25)27(21)28(36)37/h4-5,8,10-12,21-22,26-27,38H,6-7,9,13-14H2,1-3H3,(H,36,37). The molecule has 1 aliphatic heterocycles. The number of carbonyl (C=O) groups is 1. The number of hydrogen-bond donors (Lipinski definition) is 2. The van der Waals surface area contributed by atoms with Crippen LogP contribution in [0.1, 0.15) is 43.4 Å². The van der Waals surface area contributed by atoms with Gasteiger partial charge in [0.25, 0.3) is 0 Å². The largest absolute Gasteiger partial charge is 0.493 e. The smallest absolute Gasteiger partial charge is 0.417 e. The number of aliphatic carboxylic acids is 1. The lowest BCUT2D eigenvalue weighted by molar-refractivity contribution is -0.139. The van der Waals surface area contributed by atoms with Gasteiger partial charge in [-0.2, -0.15) is 13.2 Å². The number of halogens is 4. The summed E-state index contributed by atoms with van der Waals surface area (Å²) in [6.45, 7) is 5.26. The van der Waals surface area contributed by atoms with Crippen molar-refractivity contribution in [3.63, 3.8) is 0 Å². The first-order chi connectivity index (χ1) is 18.7. The van der Waals surface area contributed by atoms with Gasteiger partial charge in [-0.05, 0) is 86.1 Å². The number of ether oxygens (including phenoxy) is 2. The van der Waals surface area contributed by atoms with E-state index < -0.39 is 29.1 Å². The molecule has 2 fully saturated rings. The Morgan fingerprint density at radius 3 is 2.52 bits per heavy atom. The van der Waals surface area contributed by atoms with E-state index in [1.54, 1.807) is 39.0 Å². The topological polar surface area (TPSA) is 88.4 Å². The van der Waals surface area contributed by atoms with Gasteiger partial charge in [0.1, 0.15) is 18.2 Å². The molecule has 0 aromatic heterocycles. The maximum absolute atomic E-state index is 14.9. The summed E-state index contributed by atoms with van der Waals surface area (Å²) >= 11 is 0. The Morgan fingerprint density at radius 1 is 1.12 bits per heavy atom. The zero-order valence-corrected chi connectivity index (χ0v) is 22.4. The molecule has 2 aromatic carbocycles. The average molecular weight is 562 g/mol. The van der Waals surface area contributed by atoms with Crippen LogP contribution < -0.4 is 4.74 Å². The van der Waals surface area contributed by atoms with E-state index in [0.717, 1.165) is 11.6 Å². The van der Waals surface area contributed by atoms with Gasteiger partial charge < -0.3 is 19.7 Å². The van der Waals surface area contributed by atoms with Crippen molar-refractivity contribution in [2.75, 3.05) is 13.2 Å². The molecule has 0 saturated heterocycles. The number of fused-ring (bicyclic) bond motifs is 3. The molecule has 2 N–H and O–H groups in total. The van der Waals surface area contributed by atoms with Gasteiger partial charge in [-0.25, -0.2) is 4.39 Å². The number of rotatable bonds is 8. The van der Waals surface area contributed by atoms with Gasteiger partial charge in [-0.15, -0.1) is 0 Å². The first-order valence-corrected chi connectivity index (χ1v) is 13.2. The first kappa shape index (κ1) is 28.1. The van der Waals surface area contributed by atoms with Crippen molar-refractivity contribution >= 4 is 11.9 Å². The van der Waals surface area contributed by atoms with E-state index >= 15 is 0 Å². The Hall–Kier alpha value is -3.40. The van der Waals surface area contributed by atoms with Crippen molar-refractivity contribution in [3.8, 4) is 16.9 Å². The minimum absolute atomic E-state index is 0.0451. The van der Waals surface area contributed by atoms with Crippen LogP contribution in [-0.2, 0) is 22.3 Å². The van der Waals surface area contributed by atoms with Crippen LogP contribution in [0.3, 0.4) is 0 Å². The van der Waals surface area contributed by atoms with Crippen LogP contribution in [0.2, 0.25) is 0 Å². The van der Waals surface area contributed by atoms with E-state index in [2.05, 4.69) is 4.99 Å². The number of aliphatic hydroxyl groups is 1. The molecule has 214 valence electrons. The molecule has 1 heterocycles. The maximum Gasteiger partial charge on any atom is 0.417 e. The van der Waals surface area contributed by atoms with Crippen LogP contribution in [0.15, 0.2) is 47.0 Å². The molecule has 6 nitrogen and oxygen atoms in total. The van der Waals surface area contributed by atoms with E-state index in [4.69, 9.17) is 9.47 Å². The zero-order valence-electron chi connectivity index (χ0n) is 22.4. The molecule has 2 aliphatic carbocycles. The van der Waals surface area contributed by atoms with Crippen LogP contribution in [-0.4, -0.2) is 40.8 Å². The Balaban J connectivity index is 1.34. The van der Waals surface area contributed by atoms with Crippen molar-refractivity contribution in [2.45, 2.75) is 52.0 Å². The third kappa shape index (κ3) is 5.73. The van der Waals surface area contributed by atoms with Crippen LogP contribution in [0.4, 0.5) is 17.6 Å². The normalized spacial score (nSPS) is 23.6. The van der Waals surface area contributed by atoms with E-state index in [0.29, 0.717) is 36.8 Å². The number of alkyl halides is 3. The van der Waals surface area contributed by atoms with Crippen LogP contribution in [0.25, 0.3) is 11.1 Å². The molecule has 3 aliphatic rings. The number of nitrogens with zero attached hydrogens (tertiary/aromatic N) is 1. The Kier molecular flexibility index (Phi) is 7.18. The number of benzene rings is 2. The molecule has 5 rings (SSSR count). The van der Waals surface area contributed by atoms with E-state index in [1.165, 1.54) is 6.07 Å². The van der Waals surface area contributed by atoms with Crippen LogP contribution in [0.5, 0.6) is 5.75 Å². The van der Waals surface area contributed by atoms with E-state index in [1.807, 2.05) is 0 Å². The molecule has 0 bridgehead atoms. The summed E-state index contributed by atoms with van der Waals surface area (Å²) in [5.74, 6) is -1.15. The summed E-state index contributed by atoms with van der Waals surface area (Å²) < 4.78 is 68.1. The van der Waals surface area contributed by atoms with Crippen molar-refractivity contribution in [3.05, 3.63) is 64.5 Å². The molecule has 10 heteroatoms. The predicted molar refractivity (Wildman–Crippen MR) is 139 cm³/mol. The number of aryl methyl sites for hydroxylation is 1. The fraction of sp³-hybridized carbons (Fsp3) is 0.467. The summed E-state index contributed by atoms with van der Waals surface area (Å²) in [4.78, 5) is 15.7. The Morgan fingerprint density at radius 2 is 1.88 bits per heavy atom. The molecule has 0 spiro atoms. The average Bonchev–Trinajstić information content (AvgIpc) is 3.44. The first-order valence-electron chi connectivity index (χ1n) is 13.2. The van der Waals surface area contributed by atoms with Crippen LogP contribution in [0, 0.1) is 36.4 Å². The zero-order chi connectivity index (χ0) is 29.0. The SMILES string of the molecule is Cc1cc(OCCC(C)(C)O)ccc1-c1cc(COC2=NCC3C(=C2)CC2C(C(=O)O)C32)c(F)cc1C(F)(F)F. The van der Waals surface area contributed by atoms with Crippen molar-refractivity contribution < 1.29 is 42.0 Å². The Bertz CT molecular complexity index is 1390. The van der Waals surface area contributed by atoms with Gasteiger partial charge in [-0.1, -0.05) is 11.6 Å². The molecule has 4 unspecified atom stereocenters. The second-order valence-electron chi connectivity index (χ2n) is 11.5. The third-order valence-electron chi connectivity index (χ3n) is 8.02. The lowest BCUT2D eigenvalue weighted by Gasteiger charge is -2.21. The lowest BCUT2D eigenvalue weighted by atomic mass is 9.92. The van der Waals surface area contributed by atoms with Gasteiger partial charge in [0.05, 0.1) is 23.7 Å². The lowest BCUT2D eigenvalue weighted by Crippen LogP contribution is -2.21. The minimum Gasteiger partial charge on any atom is -0.493 e. The highest BCUT2D eigenvalue weighted by Gasteiger charge is 2.63. The van der Waals surface area contributed by atoms with E-state index in [9.17, 15) is 32.6 Å². The van der Waals surface area contributed by atoms with Crippen molar-refractivity contribution in [2.24, 2.45) is 28.7 Å². The summed E-state index contributed by atoms with van der Waals surface area (Å²) in [7, 11) is 0. The molecular weight excluding hydrogens is 530 g/mol. The highest BCUT2D eigenvalue weighted by atomic mass is 19.4. The van der Waals surface area contributed by atoms with Gasteiger partial charge in [0.15, 0.2) is 0 Å². The third-order valence-corrected chi connectivity index (χ3v) is 8.02. The predicted octanol–water partition coefficient (Wildman–Crippen LogP) is 6.18. The number of carboxylic acids is 1. The second kappa shape index (κ2) is 10.2. The van der Waals surface area contributed by atoms with Gasteiger partial charge >= 0.3 is 12.1 Å². The molecule has 0 radical (unpaired) electrons.